The van der Waals surface area contributed by atoms with Gasteiger partial charge in [-0.25, -0.2) is 9.59 Å². The number of hydrogen-bond acceptors (Lipinski definition) is 10. The molecule has 0 amide bonds. The SMILES string of the molecule is COC(=O)C1=C(C(=O)OC)N(c2ccc(OC)c([N+](=O)[O-])c2[N+](=O)[O-])C=CC=C1. The molecule has 2 rings (SSSR count). The third-order valence-electron chi connectivity index (χ3n) is 3.83. The van der Waals surface area contributed by atoms with Gasteiger partial charge in [-0.3, -0.25) is 20.2 Å². The molecule has 0 saturated carbocycles. The third-order valence-corrected chi connectivity index (χ3v) is 3.83. The maximum absolute atomic E-state index is 12.4. The molecule has 12 nitrogen and oxygen atoms in total. The Morgan fingerprint density at radius 2 is 1.55 bits per heavy atom. The van der Waals surface area contributed by atoms with Gasteiger partial charge in [-0.15, -0.1) is 0 Å². The number of esters is 2. The summed E-state index contributed by atoms with van der Waals surface area (Å²) in [7, 11) is 3.25. The van der Waals surface area contributed by atoms with Crippen LogP contribution in [0, 0.1) is 20.2 Å². The van der Waals surface area contributed by atoms with Crippen molar-refractivity contribution in [1.82, 2.24) is 0 Å². The molecule has 0 spiro atoms. The van der Waals surface area contributed by atoms with Gasteiger partial charge in [-0.1, -0.05) is 6.08 Å². The van der Waals surface area contributed by atoms with Gasteiger partial charge in [0, 0.05) is 6.20 Å². The van der Waals surface area contributed by atoms with E-state index in [0.717, 1.165) is 38.4 Å². The quantitative estimate of drug-likeness (QED) is 0.390. The topological polar surface area (TPSA) is 151 Å². The van der Waals surface area contributed by atoms with Gasteiger partial charge >= 0.3 is 23.3 Å². The van der Waals surface area contributed by atoms with E-state index in [0.29, 0.717) is 0 Å². The number of anilines is 1. The number of nitrogens with zero attached hydrogens (tertiary/aromatic N) is 3. The van der Waals surface area contributed by atoms with Crippen LogP contribution in [-0.2, 0) is 19.1 Å². The van der Waals surface area contributed by atoms with Crippen molar-refractivity contribution in [2.45, 2.75) is 0 Å². The van der Waals surface area contributed by atoms with Gasteiger partial charge in [0.1, 0.15) is 11.4 Å². The van der Waals surface area contributed by atoms with Crippen molar-refractivity contribution >= 4 is 29.0 Å². The van der Waals surface area contributed by atoms with E-state index in [9.17, 15) is 29.8 Å². The van der Waals surface area contributed by atoms with E-state index in [1.165, 1.54) is 24.4 Å². The molecule has 0 aliphatic carbocycles. The lowest BCUT2D eigenvalue weighted by atomic mass is 10.1. The van der Waals surface area contributed by atoms with Gasteiger partial charge in [0.2, 0.25) is 5.75 Å². The average molecular weight is 405 g/mol. The van der Waals surface area contributed by atoms with Crippen LogP contribution in [0.2, 0.25) is 0 Å². The molecule has 0 radical (unpaired) electrons. The van der Waals surface area contributed by atoms with E-state index in [-0.39, 0.29) is 17.0 Å². The standard InChI is InChI=1S/C17H15N3O9/c1-27-12-8-7-11(14(19(23)24)15(12)20(25)26)18-9-5-4-6-10(16(21)28-2)13(18)17(22)29-3/h4-9H,1-3H3. The lowest BCUT2D eigenvalue weighted by molar-refractivity contribution is -0.422. The van der Waals surface area contributed by atoms with E-state index < -0.39 is 38.9 Å². The summed E-state index contributed by atoms with van der Waals surface area (Å²) in [6.45, 7) is 0. The molecular formula is C17H15N3O9. The molecule has 0 saturated heterocycles. The average Bonchev–Trinajstić information content (AvgIpc) is 2.94. The van der Waals surface area contributed by atoms with Crippen molar-refractivity contribution in [2.24, 2.45) is 0 Å². The summed E-state index contributed by atoms with van der Waals surface area (Å²) in [6.07, 6.45) is 5.23. The van der Waals surface area contributed by atoms with Crippen LogP contribution in [0.5, 0.6) is 5.75 Å². The largest absolute Gasteiger partial charge is 0.490 e. The molecule has 1 aliphatic rings. The van der Waals surface area contributed by atoms with Crippen molar-refractivity contribution in [3.05, 3.63) is 68.1 Å². The molecule has 1 aliphatic heterocycles. The normalized spacial score (nSPS) is 13.0. The van der Waals surface area contributed by atoms with Gasteiger partial charge < -0.3 is 19.1 Å². The number of benzene rings is 1. The third kappa shape index (κ3) is 3.90. The van der Waals surface area contributed by atoms with Crippen LogP contribution in [0.4, 0.5) is 17.1 Å². The number of carbonyl (C=O) groups excluding carboxylic acids is 2. The Bertz CT molecular complexity index is 979. The number of rotatable bonds is 6. The summed E-state index contributed by atoms with van der Waals surface area (Å²) in [5, 5.41) is 23.2. The molecule has 0 atom stereocenters. The molecule has 0 aromatic heterocycles. The number of carbonyl (C=O) groups is 2. The highest BCUT2D eigenvalue weighted by Gasteiger charge is 2.38. The molecule has 0 bridgehead atoms. The molecule has 1 heterocycles. The van der Waals surface area contributed by atoms with Crippen LogP contribution in [-0.4, -0.2) is 43.1 Å². The maximum Gasteiger partial charge on any atom is 0.389 e. The number of nitro benzene ring substituents is 2. The first kappa shape index (κ1) is 21.1. The van der Waals surface area contributed by atoms with E-state index in [1.54, 1.807) is 0 Å². The van der Waals surface area contributed by atoms with Crippen molar-refractivity contribution in [2.75, 3.05) is 26.2 Å². The number of allylic oxidation sites excluding steroid dienone is 2. The molecule has 1 aromatic rings. The summed E-state index contributed by atoms with van der Waals surface area (Å²) in [6, 6.07) is 2.29. The molecule has 12 heteroatoms. The summed E-state index contributed by atoms with van der Waals surface area (Å²) >= 11 is 0. The summed E-state index contributed by atoms with van der Waals surface area (Å²) in [5.74, 6) is -2.28. The summed E-state index contributed by atoms with van der Waals surface area (Å²) in [4.78, 5) is 46.8. The monoisotopic (exact) mass is 405 g/mol. The van der Waals surface area contributed by atoms with Gasteiger partial charge in [0.25, 0.3) is 0 Å². The first-order chi connectivity index (χ1) is 13.8. The Hall–Kier alpha value is -4.22. The molecule has 0 unspecified atom stereocenters. The Morgan fingerprint density at radius 1 is 0.931 bits per heavy atom. The lowest BCUT2D eigenvalue weighted by Crippen LogP contribution is -2.27. The minimum atomic E-state index is -1.02. The second-order valence-corrected chi connectivity index (χ2v) is 5.31. The van der Waals surface area contributed by atoms with Crippen LogP contribution in [0.25, 0.3) is 0 Å². The van der Waals surface area contributed by atoms with E-state index in [1.807, 2.05) is 0 Å². The summed E-state index contributed by atoms with van der Waals surface area (Å²) in [5.41, 5.74) is -2.90. The van der Waals surface area contributed by atoms with Crippen LogP contribution >= 0.6 is 0 Å². The smallest absolute Gasteiger partial charge is 0.389 e. The van der Waals surface area contributed by atoms with Crippen LogP contribution in [0.1, 0.15) is 0 Å². The van der Waals surface area contributed by atoms with Crippen LogP contribution < -0.4 is 9.64 Å². The first-order valence-electron chi connectivity index (χ1n) is 7.83. The van der Waals surface area contributed by atoms with Gasteiger partial charge in [-0.05, 0) is 24.3 Å². The predicted molar refractivity (Wildman–Crippen MR) is 98.1 cm³/mol. The Morgan fingerprint density at radius 3 is 2.07 bits per heavy atom. The van der Waals surface area contributed by atoms with Crippen molar-refractivity contribution < 1.29 is 33.6 Å². The molecule has 152 valence electrons. The lowest BCUT2D eigenvalue weighted by Gasteiger charge is -2.22. The fraction of sp³-hybridized carbons (Fsp3) is 0.176. The first-order valence-corrected chi connectivity index (χ1v) is 7.83. The zero-order chi connectivity index (χ0) is 21.7. The van der Waals surface area contributed by atoms with E-state index in [4.69, 9.17) is 9.47 Å². The highest BCUT2D eigenvalue weighted by atomic mass is 16.6. The second kappa shape index (κ2) is 8.65. The number of nitro groups is 2. The van der Waals surface area contributed by atoms with Crippen molar-refractivity contribution in [1.29, 1.82) is 0 Å². The van der Waals surface area contributed by atoms with Crippen LogP contribution in [0.3, 0.4) is 0 Å². The fourth-order valence-corrected chi connectivity index (χ4v) is 2.62. The summed E-state index contributed by atoms with van der Waals surface area (Å²) < 4.78 is 14.2. The molecule has 0 fully saturated rings. The number of ether oxygens (including phenoxy) is 3. The Balaban J connectivity index is 2.91. The molecule has 1 aromatic carbocycles. The Kier molecular flexibility index (Phi) is 6.29. The Labute approximate surface area is 163 Å². The van der Waals surface area contributed by atoms with Crippen molar-refractivity contribution in [3.63, 3.8) is 0 Å². The molecular weight excluding hydrogens is 390 g/mol. The van der Waals surface area contributed by atoms with E-state index in [2.05, 4.69) is 4.74 Å². The number of methoxy groups -OCH3 is 3. The van der Waals surface area contributed by atoms with E-state index >= 15 is 0 Å². The van der Waals surface area contributed by atoms with Gasteiger partial charge in [-0.2, -0.15) is 0 Å². The second-order valence-electron chi connectivity index (χ2n) is 5.31. The molecule has 0 N–H and O–H groups in total. The minimum absolute atomic E-state index is 0.267. The predicted octanol–water partition coefficient (Wildman–Crippen LogP) is 2.00. The van der Waals surface area contributed by atoms with Gasteiger partial charge in [0.05, 0.1) is 36.7 Å². The highest BCUT2D eigenvalue weighted by Crippen LogP contribution is 2.45. The minimum Gasteiger partial charge on any atom is -0.490 e. The molecule has 29 heavy (non-hydrogen) atoms. The maximum atomic E-state index is 12.4. The zero-order valence-electron chi connectivity index (χ0n) is 15.5. The highest BCUT2D eigenvalue weighted by molar-refractivity contribution is 6.06. The van der Waals surface area contributed by atoms with Gasteiger partial charge in [0.15, 0.2) is 0 Å². The zero-order valence-corrected chi connectivity index (χ0v) is 15.5. The number of hydrogen-bond donors (Lipinski definition) is 0. The van der Waals surface area contributed by atoms with Crippen LogP contribution in [0.15, 0.2) is 47.8 Å². The fourth-order valence-electron chi connectivity index (χ4n) is 2.62. The van der Waals surface area contributed by atoms with Crippen molar-refractivity contribution in [3.8, 4) is 5.75 Å².